The highest BCUT2D eigenvalue weighted by Crippen LogP contribution is 2.41. The molecule has 0 amide bonds. The van der Waals surface area contributed by atoms with Crippen LogP contribution in [0.3, 0.4) is 0 Å². The molecule has 2 aromatic heterocycles. The van der Waals surface area contributed by atoms with Gasteiger partial charge in [-0.1, -0.05) is 12.8 Å². The van der Waals surface area contributed by atoms with Crippen molar-refractivity contribution in [2.75, 3.05) is 6.61 Å². The van der Waals surface area contributed by atoms with E-state index in [-0.39, 0.29) is 0 Å². The van der Waals surface area contributed by atoms with E-state index >= 15 is 0 Å². The first-order valence-electron chi connectivity index (χ1n) is 8.98. The van der Waals surface area contributed by atoms with Crippen molar-refractivity contribution in [3.05, 3.63) is 42.5 Å². The second kappa shape index (κ2) is 6.73. The van der Waals surface area contributed by atoms with Crippen LogP contribution in [-0.2, 0) is 0 Å². The van der Waals surface area contributed by atoms with Gasteiger partial charge >= 0.3 is 0 Å². The number of hydrogen-bond acceptors (Lipinski definition) is 3. The minimum atomic E-state index is 0.583. The molecule has 4 rings (SSSR count). The Balaban J connectivity index is 1.48. The SMILES string of the molecule is c1cncc(OCC2CCCCC2c2ccnn2C2CCC2)c1. The van der Waals surface area contributed by atoms with Crippen molar-refractivity contribution >= 4 is 0 Å². The molecule has 0 aliphatic heterocycles. The van der Waals surface area contributed by atoms with Gasteiger partial charge in [0.05, 0.1) is 18.8 Å². The zero-order valence-electron chi connectivity index (χ0n) is 13.6. The predicted octanol–water partition coefficient (Wildman–Crippen LogP) is 4.36. The van der Waals surface area contributed by atoms with Gasteiger partial charge in [-0.25, -0.2) is 0 Å². The molecule has 0 radical (unpaired) electrons. The molecule has 0 bridgehead atoms. The number of nitrogens with zero attached hydrogens (tertiary/aromatic N) is 3. The first-order chi connectivity index (χ1) is 11.4. The maximum absolute atomic E-state index is 6.02. The molecule has 0 spiro atoms. The van der Waals surface area contributed by atoms with Gasteiger partial charge in [-0.2, -0.15) is 5.10 Å². The molecule has 2 atom stereocenters. The van der Waals surface area contributed by atoms with Crippen LogP contribution in [0.4, 0.5) is 0 Å². The molecular weight excluding hydrogens is 286 g/mol. The number of pyridine rings is 1. The second-order valence-electron chi connectivity index (χ2n) is 6.94. The van der Waals surface area contributed by atoms with E-state index in [4.69, 9.17) is 4.74 Å². The Morgan fingerprint density at radius 1 is 1.04 bits per heavy atom. The van der Waals surface area contributed by atoms with Crippen LogP contribution in [0.5, 0.6) is 5.75 Å². The molecule has 2 aliphatic carbocycles. The molecule has 2 aromatic rings. The fraction of sp³-hybridized carbons (Fsp3) is 0.579. The summed E-state index contributed by atoms with van der Waals surface area (Å²) in [5.41, 5.74) is 1.44. The third-order valence-corrected chi connectivity index (χ3v) is 5.51. The van der Waals surface area contributed by atoms with Crippen LogP contribution in [0.25, 0.3) is 0 Å². The van der Waals surface area contributed by atoms with E-state index in [9.17, 15) is 0 Å². The normalized spacial score (nSPS) is 25.0. The maximum Gasteiger partial charge on any atom is 0.137 e. The fourth-order valence-electron chi connectivity index (χ4n) is 3.99. The zero-order valence-corrected chi connectivity index (χ0v) is 13.6. The molecule has 2 heterocycles. The van der Waals surface area contributed by atoms with Gasteiger partial charge in [0.2, 0.25) is 0 Å². The Kier molecular flexibility index (Phi) is 4.31. The van der Waals surface area contributed by atoms with Crippen LogP contribution in [0.2, 0.25) is 0 Å². The summed E-state index contributed by atoms with van der Waals surface area (Å²) in [7, 11) is 0. The monoisotopic (exact) mass is 311 g/mol. The van der Waals surface area contributed by atoms with Crippen LogP contribution < -0.4 is 4.74 Å². The Morgan fingerprint density at radius 2 is 1.96 bits per heavy atom. The van der Waals surface area contributed by atoms with Crippen molar-refractivity contribution in [1.29, 1.82) is 0 Å². The lowest BCUT2D eigenvalue weighted by atomic mass is 9.77. The van der Waals surface area contributed by atoms with Crippen molar-refractivity contribution in [2.24, 2.45) is 5.92 Å². The molecule has 4 heteroatoms. The lowest BCUT2D eigenvalue weighted by Gasteiger charge is -2.35. The molecule has 0 aromatic carbocycles. The average molecular weight is 311 g/mol. The van der Waals surface area contributed by atoms with E-state index in [0.29, 0.717) is 17.9 Å². The van der Waals surface area contributed by atoms with Crippen LogP contribution in [0.1, 0.15) is 62.6 Å². The minimum Gasteiger partial charge on any atom is -0.492 e. The van der Waals surface area contributed by atoms with E-state index in [1.165, 1.54) is 50.6 Å². The summed E-state index contributed by atoms with van der Waals surface area (Å²) in [5, 5.41) is 4.63. The summed E-state index contributed by atoms with van der Waals surface area (Å²) in [6.07, 6.45) is 14.7. The predicted molar refractivity (Wildman–Crippen MR) is 89.5 cm³/mol. The van der Waals surface area contributed by atoms with Gasteiger partial charge in [0, 0.05) is 29.9 Å². The van der Waals surface area contributed by atoms with Crippen LogP contribution >= 0.6 is 0 Å². The van der Waals surface area contributed by atoms with Crippen molar-refractivity contribution in [1.82, 2.24) is 14.8 Å². The topological polar surface area (TPSA) is 39.9 Å². The van der Waals surface area contributed by atoms with Crippen LogP contribution in [0.15, 0.2) is 36.8 Å². The molecule has 0 saturated heterocycles. The summed E-state index contributed by atoms with van der Waals surface area (Å²) in [6, 6.07) is 6.80. The summed E-state index contributed by atoms with van der Waals surface area (Å²) in [5.74, 6) is 2.05. The summed E-state index contributed by atoms with van der Waals surface area (Å²) in [6.45, 7) is 0.784. The fourth-order valence-corrected chi connectivity index (χ4v) is 3.99. The third kappa shape index (κ3) is 3.12. The standard InChI is InChI=1S/C19H25N3O/c1-2-9-18(19-10-12-21-22(19)16-6-3-7-16)15(5-1)14-23-17-8-4-11-20-13-17/h4,8,10-13,15-16,18H,1-3,5-7,9,14H2. The van der Waals surface area contributed by atoms with E-state index in [2.05, 4.69) is 20.8 Å². The number of rotatable bonds is 5. The van der Waals surface area contributed by atoms with Crippen molar-refractivity contribution in [3.8, 4) is 5.75 Å². The highest BCUT2D eigenvalue weighted by molar-refractivity contribution is 5.16. The first kappa shape index (κ1) is 14.7. The van der Waals surface area contributed by atoms with Gasteiger partial charge in [0.15, 0.2) is 0 Å². The van der Waals surface area contributed by atoms with E-state index in [1.54, 1.807) is 12.4 Å². The molecular formula is C19H25N3O. The first-order valence-corrected chi connectivity index (χ1v) is 8.98. The zero-order chi connectivity index (χ0) is 15.5. The number of ether oxygens (including phenoxy) is 1. The van der Waals surface area contributed by atoms with Gasteiger partial charge in [-0.05, 0) is 50.3 Å². The van der Waals surface area contributed by atoms with Crippen molar-refractivity contribution in [2.45, 2.75) is 56.9 Å². The van der Waals surface area contributed by atoms with E-state index in [1.807, 2.05) is 18.3 Å². The molecule has 2 saturated carbocycles. The number of aromatic nitrogens is 3. The molecule has 0 N–H and O–H groups in total. The Hall–Kier alpha value is -1.84. The lowest BCUT2D eigenvalue weighted by molar-refractivity contribution is 0.175. The van der Waals surface area contributed by atoms with Crippen molar-refractivity contribution in [3.63, 3.8) is 0 Å². The van der Waals surface area contributed by atoms with Gasteiger partial charge < -0.3 is 4.74 Å². The Morgan fingerprint density at radius 3 is 2.74 bits per heavy atom. The maximum atomic E-state index is 6.02. The van der Waals surface area contributed by atoms with E-state index in [0.717, 1.165) is 12.4 Å². The molecule has 2 unspecified atom stereocenters. The number of hydrogen-bond donors (Lipinski definition) is 0. The summed E-state index contributed by atoms with van der Waals surface area (Å²) >= 11 is 0. The third-order valence-electron chi connectivity index (χ3n) is 5.51. The van der Waals surface area contributed by atoms with Crippen LogP contribution in [0, 0.1) is 5.92 Å². The summed E-state index contributed by atoms with van der Waals surface area (Å²) < 4.78 is 8.34. The molecule has 23 heavy (non-hydrogen) atoms. The smallest absolute Gasteiger partial charge is 0.137 e. The summed E-state index contributed by atoms with van der Waals surface area (Å²) in [4.78, 5) is 4.13. The molecule has 2 aliphatic rings. The molecule has 4 nitrogen and oxygen atoms in total. The van der Waals surface area contributed by atoms with Gasteiger partial charge in [-0.15, -0.1) is 0 Å². The highest BCUT2D eigenvalue weighted by Gasteiger charge is 2.32. The Bertz CT molecular complexity index is 621. The van der Waals surface area contributed by atoms with Gasteiger partial charge in [-0.3, -0.25) is 9.67 Å². The largest absolute Gasteiger partial charge is 0.492 e. The molecule has 2 fully saturated rings. The van der Waals surface area contributed by atoms with Crippen molar-refractivity contribution < 1.29 is 4.74 Å². The average Bonchev–Trinajstić information content (AvgIpc) is 3.01. The quantitative estimate of drug-likeness (QED) is 0.824. The van der Waals surface area contributed by atoms with Gasteiger partial charge in [0.1, 0.15) is 5.75 Å². The van der Waals surface area contributed by atoms with Gasteiger partial charge in [0.25, 0.3) is 0 Å². The second-order valence-corrected chi connectivity index (χ2v) is 6.94. The van der Waals surface area contributed by atoms with Crippen LogP contribution in [-0.4, -0.2) is 21.4 Å². The minimum absolute atomic E-state index is 0.583. The molecule has 122 valence electrons. The Labute approximate surface area is 137 Å². The van der Waals surface area contributed by atoms with E-state index < -0.39 is 0 Å². The highest BCUT2D eigenvalue weighted by atomic mass is 16.5. The lowest BCUT2D eigenvalue weighted by Crippen LogP contribution is -2.28.